The highest BCUT2D eigenvalue weighted by Crippen LogP contribution is 2.35. The van der Waals surface area contributed by atoms with Crippen molar-refractivity contribution < 1.29 is 9.15 Å². The van der Waals surface area contributed by atoms with Crippen LogP contribution < -0.4 is 5.32 Å². The Balaban J connectivity index is 2.42. The monoisotopic (exact) mass is 289 g/mol. The van der Waals surface area contributed by atoms with E-state index in [1.165, 1.54) is 5.56 Å². The van der Waals surface area contributed by atoms with Crippen LogP contribution in [-0.2, 0) is 4.74 Å². The Morgan fingerprint density at radius 1 is 1.29 bits per heavy atom. The maximum absolute atomic E-state index is 6.09. The van der Waals surface area contributed by atoms with Gasteiger partial charge in [-0.2, -0.15) is 0 Å². The minimum atomic E-state index is -0.280. The molecule has 0 saturated carbocycles. The summed E-state index contributed by atoms with van der Waals surface area (Å²) in [7, 11) is 1.77. The van der Waals surface area contributed by atoms with Gasteiger partial charge in [0.05, 0.1) is 11.6 Å². The largest absolute Gasteiger partial charge is 0.459 e. The average molecular weight is 289 g/mol. The third kappa shape index (κ3) is 3.30. The number of aryl methyl sites for hydroxylation is 1. The molecule has 21 heavy (non-hydrogen) atoms. The van der Waals surface area contributed by atoms with E-state index in [0.717, 1.165) is 36.1 Å². The standard InChI is InChI=1S/C18H27NO2/c1-6-10-19-17(18(4,7-2)20-5)16-12-14-11-13(3)8-9-15(14)21-16/h8-9,11-12,17,19H,6-7,10H2,1-5H3. The molecule has 0 radical (unpaired) electrons. The highest BCUT2D eigenvalue weighted by molar-refractivity contribution is 5.78. The molecule has 0 aliphatic carbocycles. The van der Waals surface area contributed by atoms with E-state index in [9.17, 15) is 0 Å². The summed E-state index contributed by atoms with van der Waals surface area (Å²) in [6.07, 6.45) is 2.00. The number of nitrogens with one attached hydrogen (secondary N) is 1. The summed E-state index contributed by atoms with van der Waals surface area (Å²) in [4.78, 5) is 0. The van der Waals surface area contributed by atoms with Crippen LogP contribution in [0.2, 0.25) is 0 Å². The summed E-state index contributed by atoms with van der Waals surface area (Å²) in [5.74, 6) is 0.954. The Kier molecular flexibility index (Phi) is 5.07. The van der Waals surface area contributed by atoms with Gasteiger partial charge in [-0.3, -0.25) is 0 Å². The van der Waals surface area contributed by atoms with E-state index in [1.807, 2.05) is 6.07 Å². The Morgan fingerprint density at radius 2 is 2.05 bits per heavy atom. The van der Waals surface area contributed by atoms with Gasteiger partial charge in [-0.15, -0.1) is 0 Å². The molecule has 2 atom stereocenters. The van der Waals surface area contributed by atoms with Gasteiger partial charge in [-0.1, -0.05) is 25.5 Å². The highest BCUT2D eigenvalue weighted by Gasteiger charge is 2.35. The van der Waals surface area contributed by atoms with Crippen LogP contribution >= 0.6 is 0 Å². The van der Waals surface area contributed by atoms with Crippen molar-refractivity contribution in [3.05, 3.63) is 35.6 Å². The second-order valence-corrected chi connectivity index (χ2v) is 5.95. The summed E-state index contributed by atoms with van der Waals surface area (Å²) in [5.41, 5.74) is 1.91. The molecule has 3 heteroatoms. The van der Waals surface area contributed by atoms with Crippen LogP contribution in [0.3, 0.4) is 0 Å². The van der Waals surface area contributed by atoms with Gasteiger partial charge in [0.2, 0.25) is 0 Å². The number of ether oxygens (including phenoxy) is 1. The van der Waals surface area contributed by atoms with E-state index in [4.69, 9.17) is 9.15 Å². The number of furan rings is 1. The van der Waals surface area contributed by atoms with Crippen LogP contribution in [0.1, 0.15) is 51.0 Å². The van der Waals surface area contributed by atoms with Gasteiger partial charge in [0.15, 0.2) is 0 Å². The molecule has 2 unspecified atom stereocenters. The molecule has 116 valence electrons. The summed E-state index contributed by atoms with van der Waals surface area (Å²) in [6.45, 7) is 9.50. The Labute approximate surface area is 127 Å². The van der Waals surface area contributed by atoms with Crippen molar-refractivity contribution in [2.45, 2.75) is 52.2 Å². The van der Waals surface area contributed by atoms with Crippen LogP contribution in [0.25, 0.3) is 11.0 Å². The van der Waals surface area contributed by atoms with Crippen LogP contribution in [0, 0.1) is 6.92 Å². The quantitative estimate of drug-likeness (QED) is 0.809. The van der Waals surface area contributed by atoms with Crippen LogP contribution in [0.4, 0.5) is 0 Å². The van der Waals surface area contributed by atoms with Crippen LogP contribution in [-0.4, -0.2) is 19.3 Å². The van der Waals surface area contributed by atoms with E-state index < -0.39 is 0 Å². The lowest BCUT2D eigenvalue weighted by atomic mass is 9.91. The van der Waals surface area contributed by atoms with Gasteiger partial charge in [-0.05, 0) is 51.4 Å². The van der Waals surface area contributed by atoms with E-state index in [0.29, 0.717) is 0 Å². The molecule has 2 aromatic rings. The van der Waals surface area contributed by atoms with Gasteiger partial charge in [-0.25, -0.2) is 0 Å². The Hall–Kier alpha value is -1.32. The van der Waals surface area contributed by atoms with Gasteiger partial charge in [0.25, 0.3) is 0 Å². The van der Waals surface area contributed by atoms with Crippen molar-refractivity contribution in [1.82, 2.24) is 5.32 Å². The van der Waals surface area contributed by atoms with Gasteiger partial charge in [0.1, 0.15) is 11.3 Å². The molecule has 0 saturated heterocycles. The summed E-state index contributed by atoms with van der Waals surface area (Å²) < 4.78 is 11.9. The van der Waals surface area contributed by atoms with E-state index in [1.54, 1.807) is 7.11 Å². The minimum Gasteiger partial charge on any atom is -0.459 e. The molecule has 0 spiro atoms. The molecule has 0 fully saturated rings. The first-order valence-corrected chi connectivity index (χ1v) is 7.82. The summed E-state index contributed by atoms with van der Waals surface area (Å²) >= 11 is 0. The van der Waals surface area contributed by atoms with Crippen molar-refractivity contribution in [3.63, 3.8) is 0 Å². The Morgan fingerprint density at radius 3 is 2.67 bits per heavy atom. The number of hydrogen-bond acceptors (Lipinski definition) is 3. The fraction of sp³-hybridized carbons (Fsp3) is 0.556. The van der Waals surface area contributed by atoms with Gasteiger partial charge >= 0.3 is 0 Å². The maximum Gasteiger partial charge on any atom is 0.134 e. The molecule has 0 amide bonds. The zero-order valence-corrected chi connectivity index (χ0v) is 13.8. The normalized spacial score (nSPS) is 16.0. The summed E-state index contributed by atoms with van der Waals surface area (Å²) in [5, 5.41) is 4.74. The predicted molar refractivity (Wildman–Crippen MR) is 87.7 cm³/mol. The third-order valence-corrected chi connectivity index (χ3v) is 4.35. The molecule has 1 heterocycles. The maximum atomic E-state index is 6.09. The molecular weight excluding hydrogens is 262 g/mol. The molecule has 1 aromatic carbocycles. The zero-order valence-electron chi connectivity index (χ0n) is 13.8. The molecule has 0 aliphatic heterocycles. The van der Waals surface area contributed by atoms with Crippen molar-refractivity contribution in [1.29, 1.82) is 0 Å². The number of benzene rings is 1. The van der Waals surface area contributed by atoms with E-state index in [-0.39, 0.29) is 11.6 Å². The van der Waals surface area contributed by atoms with Crippen molar-refractivity contribution >= 4 is 11.0 Å². The molecule has 0 aliphatic rings. The number of rotatable bonds is 7. The molecular formula is C18H27NO2. The molecule has 2 rings (SSSR count). The second-order valence-electron chi connectivity index (χ2n) is 5.95. The lowest BCUT2D eigenvalue weighted by Gasteiger charge is -2.35. The smallest absolute Gasteiger partial charge is 0.134 e. The molecule has 3 nitrogen and oxygen atoms in total. The minimum absolute atomic E-state index is 0.0557. The van der Waals surface area contributed by atoms with Crippen molar-refractivity contribution in [2.75, 3.05) is 13.7 Å². The lowest BCUT2D eigenvalue weighted by Crippen LogP contribution is -2.43. The Bertz CT molecular complexity index is 584. The fourth-order valence-corrected chi connectivity index (χ4v) is 2.70. The summed E-state index contributed by atoms with van der Waals surface area (Å²) in [6, 6.07) is 8.48. The fourth-order valence-electron chi connectivity index (χ4n) is 2.70. The number of fused-ring (bicyclic) bond motifs is 1. The van der Waals surface area contributed by atoms with E-state index in [2.05, 4.69) is 51.2 Å². The predicted octanol–water partition coefficient (Wildman–Crippen LogP) is 4.60. The highest BCUT2D eigenvalue weighted by atomic mass is 16.5. The molecule has 0 bridgehead atoms. The zero-order chi connectivity index (χ0) is 15.5. The first kappa shape index (κ1) is 16.1. The lowest BCUT2D eigenvalue weighted by molar-refractivity contribution is -0.0349. The van der Waals surface area contributed by atoms with Gasteiger partial charge < -0.3 is 14.5 Å². The van der Waals surface area contributed by atoms with E-state index >= 15 is 0 Å². The third-order valence-electron chi connectivity index (χ3n) is 4.35. The average Bonchev–Trinajstić information content (AvgIpc) is 2.89. The SMILES string of the molecule is CCCNC(c1cc2cc(C)ccc2o1)C(C)(CC)OC. The number of methoxy groups -OCH3 is 1. The van der Waals surface area contributed by atoms with Crippen molar-refractivity contribution in [3.8, 4) is 0 Å². The van der Waals surface area contributed by atoms with Crippen molar-refractivity contribution in [2.24, 2.45) is 0 Å². The van der Waals surface area contributed by atoms with Crippen LogP contribution in [0.15, 0.2) is 28.7 Å². The number of hydrogen-bond donors (Lipinski definition) is 1. The van der Waals surface area contributed by atoms with Crippen LogP contribution in [0.5, 0.6) is 0 Å². The first-order chi connectivity index (χ1) is 10.0. The second kappa shape index (κ2) is 6.63. The first-order valence-electron chi connectivity index (χ1n) is 7.82. The topological polar surface area (TPSA) is 34.4 Å². The molecule has 1 aromatic heterocycles. The van der Waals surface area contributed by atoms with Gasteiger partial charge in [0, 0.05) is 12.5 Å². The molecule has 1 N–H and O–H groups in total.